The van der Waals surface area contributed by atoms with E-state index in [9.17, 15) is 0 Å². The van der Waals surface area contributed by atoms with Crippen LogP contribution < -0.4 is 0 Å². The Morgan fingerprint density at radius 3 is 2.06 bits per heavy atom. The predicted molar refractivity (Wildman–Crippen MR) is 78.8 cm³/mol. The average molecular weight is 340 g/mol. The molecule has 3 aromatic rings. The second-order valence-corrected chi connectivity index (χ2v) is 5.73. The van der Waals surface area contributed by atoms with Crippen molar-refractivity contribution in [2.24, 2.45) is 0 Å². The van der Waals surface area contributed by atoms with Crippen molar-refractivity contribution >= 4 is 79.9 Å². The van der Waals surface area contributed by atoms with E-state index in [-0.39, 0.29) is 5.02 Å². The first-order chi connectivity index (χ1) is 8.49. The van der Waals surface area contributed by atoms with Gasteiger partial charge in [-0.15, -0.1) is 0 Å². The largest absolute Gasteiger partial charge is 0.456 e. The van der Waals surface area contributed by atoms with Crippen LogP contribution in [0.25, 0.3) is 21.9 Å². The van der Waals surface area contributed by atoms with Crippen molar-refractivity contribution in [1.82, 2.24) is 0 Å². The van der Waals surface area contributed by atoms with E-state index in [1.807, 2.05) is 0 Å². The Morgan fingerprint density at radius 2 is 1.33 bits per heavy atom. The molecule has 0 unspecified atom stereocenters. The summed E-state index contributed by atoms with van der Waals surface area (Å²) in [4.78, 5) is 0. The highest BCUT2D eigenvalue weighted by molar-refractivity contribution is 6.52. The minimum Gasteiger partial charge on any atom is -0.456 e. The SMILES string of the molecule is Clc1cc(Cl)c2c(c1)oc1cc(Cl)c(Cl)c(Cl)c12. The minimum absolute atomic E-state index is 0.277. The van der Waals surface area contributed by atoms with Gasteiger partial charge in [0.2, 0.25) is 0 Å². The number of hydrogen-bond donors (Lipinski definition) is 0. The van der Waals surface area contributed by atoms with Crippen LogP contribution in [0, 0.1) is 0 Å². The van der Waals surface area contributed by atoms with Crippen molar-refractivity contribution in [1.29, 1.82) is 0 Å². The van der Waals surface area contributed by atoms with Crippen LogP contribution in [0.4, 0.5) is 0 Å². The smallest absolute Gasteiger partial charge is 0.138 e. The van der Waals surface area contributed by atoms with Gasteiger partial charge in [0.1, 0.15) is 11.2 Å². The van der Waals surface area contributed by atoms with Gasteiger partial charge in [-0.2, -0.15) is 0 Å². The van der Waals surface area contributed by atoms with Crippen LogP contribution >= 0.6 is 58.0 Å². The van der Waals surface area contributed by atoms with Gasteiger partial charge in [0, 0.05) is 27.9 Å². The lowest BCUT2D eigenvalue weighted by Gasteiger charge is -2.00. The Hall–Kier alpha value is -0.310. The maximum atomic E-state index is 6.20. The summed E-state index contributed by atoms with van der Waals surface area (Å²) in [5, 5.41) is 3.19. The second-order valence-electron chi connectivity index (χ2n) is 3.72. The highest BCUT2D eigenvalue weighted by Crippen LogP contribution is 2.44. The summed E-state index contributed by atoms with van der Waals surface area (Å²) in [5.41, 5.74) is 1.07. The molecule has 0 bridgehead atoms. The lowest BCUT2D eigenvalue weighted by Crippen LogP contribution is -1.75. The summed E-state index contributed by atoms with van der Waals surface area (Å²) >= 11 is 30.3. The van der Waals surface area contributed by atoms with Crippen LogP contribution in [0.15, 0.2) is 22.6 Å². The Kier molecular flexibility index (Phi) is 3.08. The van der Waals surface area contributed by atoms with Crippen molar-refractivity contribution < 1.29 is 4.42 Å². The van der Waals surface area contributed by atoms with Gasteiger partial charge in [-0.05, 0) is 6.07 Å². The first-order valence-corrected chi connectivity index (χ1v) is 6.73. The van der Waals surface area contributed by atoms with Gasteiger partial charge in [0.05, 0.1) is 20.1 Å². The number of hydrogen-bond acceptors (Lipinski definition) is 1. The average Bonchev–Trinajstić information content (AvgIpc) is 2.64. The molecule has 0 N–H and O–H groups in total. The highest BCUT2D eigenvalue weighted by atomic mass is 35.5. The molecule has 0 aliphatic carbocycles. The van der Waals surface area contributed by atoms with Gasteiger partial charge in [-0.3, -0.25) is 0 Å². The zero-order valence-electron chi connectivity index (χ0n) is 8.53. The van der Waals surface area contributed by atoms with Crippen LogP contribution in [0.5, 0.6) is 0 Å². The summed E-state index contributed by atoms with van der Waals surface area (Å²) in [6.45, 7) is 0. The zero-order chi connectivity index (χ0) is 13.0. The Labute approximate surface area is 127 Å². The summed E-state index contributed by atoms with van der Waals surface area (Å²) < 4.78 is 5.63. The van der Waals surface area contributed by atoms with Gasteiger partial charge < -0.3 is 4.42 Å². The first kappa shape index (κ1) is 12.7. The zero-order valence-corrected chi connectivity index (χ0v) is 12.3. The van der Waals surface area contributed by atoms with E-state index >= 15 is 0 Å². The molecule has 0 spiro atoms. The third-order valence-corrected chi connectivity index (χ3v) is 4.39. The molecule has 0 radical (unpaired) electrons. The molecule has 0 saturated carbocycles. The van der Waals surface area contributed by atoms with E-state index in [1.54, 1.807) is 18.2 Å². The van der Waals surface area contributed by atoms with E-state index < -0.39 is 0 Å². The van der Waals surface area contributed by atoms with Crippen LogP contribution in [-0.4, -0.2) is 0 Å². The molecule has 3 rings (SSSR count). The molecule has 92 valence electrons. The van der Waals surface area contributed by atoms with Crippen LogP contribution in [-0.2, 0) is 0 Å². The quantitative estimate of drug-likeness (QED) is 0.408. The van der Waals surface area contributed by atoms with E-state index in [4.69, 9.17) is 62.4 Å². The van der Waals surface area contributed by atoms with Gasteiger partial charge in [0.15, 0.2) is 0 Å². The molecule has 0 fully saturated rings. The minimum atomic E-state index is 0.277. The van der Waals surface area contributed by atoms with Gasteiger partial charge in [0.25, 0.3) is 0 Å². The maximum Gasteiger partial charge on any atom is 0.138 e. The molecule has 6 heteroatoms. The van der Waals surface area contributed by atoms with Crippen LogP contribution in [0.2, 0.25) is 25.1 Å². The molecule has 1 heterocycles. The van der Waals surface area contributed by atoms with Crippen LogP contribution in [0.1, 0.15) is 0 Å². The molecule has 1 aromatic heterocycles. The number of benzene rings is 2. The van der Waals surface area contributed by atoms with Crippen molar-refractivity contribution in [3.8, 4) is 0 Å². The van der Waals surface area contributed by atoms with Gasteiger partial charge in [-0.25, -0.2) is 0 Å². The van der Waals surface area contributed by atoms with E-state index in [0.717, 1.165) is 0 Å². The summed E-state index contributed by atoms with van der Waals surface area (Å²) in [6, 6.07) is 4.90. The Morgan fingerprint density at radius 1 is 0.667 bits per heavy atom. The van der Waals surface area contributed by atoms with Crippen molar-refractivity contribution in [2.75, 3.05) is 0 Å². The first-order valence-electron chi connectivity index (χ1n) is 4.84. The number of furan rings is 1. The topological polar surface area (TPSA) is 13.1 Å². The molecular weight excluding hydrogens is 337 g/mol. The Balaban J connectivity index is 2.62. The highest BCUT2D eigenvalue weighted by Gasteiger charge is 2.18. The monoisotopic (exact) mass is 338 g/mol. The molecule has 0 saturated heterocycles. The Bertz CT molecular complexity index is 790. The third-order valence-electron chi connectivity index (χ3n) is 2.61. The fourth-order valence-electron chi connectivity index (χ4n) is 1.88. The molecule has 0 amide bonds. The van der Waals surface area contributed by atoms with Gasteiger partial charge in [-0.1, -0.05) is 58.0 Å². The molecular formula is C12H3Cl5O. The number of rotatable bonds is 0. The maximum absolute atomic E-state index is 6.20. The fourth-order valence-corrected chi connectivity index (χ4v) is 3.13. The molecule has 1 nitrogen and oxygen atoms in total. The van der Waals surface area contributed by atoms with Crippen molar-refractivity contribution in [2.45, 2.75) is 0 Å². The summed E-state index contributed by atoms with van der Waals surface area (Å²) in [7, 11) is 0. The third kappa shape index (κ3) is 1.77. The van der Waals surface area contributed by atoms with Crippen molar-refractivity contribution in [3.05, 3.63) is 43.3 Å². The lowest BCUT2D eigenvalue weighted by atomic mass is 10.1. The van der Waals surface area contributed by atoms with Crippen molar-refractivity contribution in [3.63, 3.8) is 0 Å². The van der Waals surface area contributed by atoms with Crippen LogP contribution in [0.3, 0.4) is 0 Å². The van der Waals surface area contributed by atoms with E-state index in [0.29, 0.717) is 42.0 Å². The summed E-state index contributed by atoms with van der Waals surface area (Å²) in [5.74, 6) is 0. The standard InChI is InChI=1S/C12H3Cl5O/c13-4-1-5(14)9-7(2-4)18-8-3-6(15)11(16)12(17)10(8)9/h1-3H. The predicted octanol–water partition coefficient (Wildman–Crippen LogP) is 6.85. The van der Waals surface area contributed by atoms with E-state index in [1.165, 1.54) is 0 Å². The number of fused-ring (bicyclic) bond motifs is 3. The molecule has 0 aliphatic heterocycles. The molecule has 18 heavy (non-hydrogen) atoms. The summed E-state index contributed by atoms with van der Waals surface area (Å²) in [6.07, 6.45) is 0. The normalized spacial score (nSPS) is 11.6. The lowest BCUT2D eigenvalue weighted by molar-refractivity contribution is 0.669. The molecule has 2 aromatic carbocycles. The van der Waals surface area contributed by atoms with E-state index in [2.05, 4.69) is 0 Å². The fraction of sp³-hybridized carbons (Fsp3) is 0. The molecule has 0 aliphatic rings. The van der Waals surface area contributed by atoms with Gasteiger partial charge >= 0.3 is 0 Å². The second kappa shape index (κ2) is 4.36. The number of halogens is 5. The molecule has 0 atom stereocenters.